The second-order valence-corrected chi connectivity index (χ2v) is 4.91. The summed E-state index contributed by atoms with van der Waals surface area (Å²) in [6.45, 7) is 7.80. The van der Waals surface area contributed by atoms with E-state index in [0.717, 1.165) is 44.2 Å². The highest BCUT2D eigenvalue weighted by Crippen LogP contribution is 2.16. The Kier molecular flexibility index (Phi) is 5.31. The van der Waals surface area contributed by atoms with E-state index >= 15 is 0 Å². The normalized spacial score (nSPS) is 16.2. The first kappa shape index (κ1) is 14.7. The van der Waals surface area contributed by atoms with Gasteiger partial charge in [-0.05, 0) is 18.7 Å². The van der Waals surface area contributed by atoms with Crippen LogP contribution < -0.4 is 16.0 Å². The van der Waals surface area contributed by atoms with E-state index in [1.54, 1.807) is 6.20 Å². The van der Waals surface area contributed by atoms with Crippen molar-refractivity contribution in [1.82, 2.24) is 9.88 Å². The van der Waals surface area contributed by atoms with Crippen molar-refractivity contribution in [3.05, 3.63) is 18.3 Å². The van der Waals surface area contributed by atoms with E-state index in [0.29, 0.717) is 13.0 Å². The van der Waals surface area contributed by atoms with Gasteiger partial charge in [0.15, 0.2) is 0 Å². The van der Waals surface area contributed by atoms with Gasteiger partial charge < -0.3 is 20.9 Å². The second-order valence-electron chi connectivity index (χ2n) is 4.91. The first-order chi connectivity index (χ1) is 9.72. The molecule has 0 saturated carbocycles. The molecule has 0 bridgehead atoms. The fraction of sp³-hybridized carbons (Fsp3) is 0.571. The first-order valence-electron chi connectivity index (χ1n) is 7.16. The van der Waals surface area contributed by atoms with Gasteiger partial charge in [-0.1, -0.05) is 6.92 Å². The number of rotatable bonds is 5. The Hall–Kier alpha value is -1.66. The zero-order valence-corrected chi connectivity index (χ0v) is 12.0. The monoisotopic (exact) mass is 277 g/mol. The van der Waals surface area contributed by atoms with Crippen LogP contribution in [0, 0.1) is 0 Å². The maximum Gasteiger partial charge on any atom is 0.225 e. The van der Waals surface area contributed by atoms with Crippen molar-refractivity contribution in [2.75, 3.05) is 49.5 Å². The van der Waals surface area contributed by atoms with E-state index in [-0.39, 0.29) is 5.91 Å². The number of aromatic nitrogens is 1. The van der Waals surface area contributed by atoms with Crippen LogP contribution in [0.15, 0.2) is 18.3 Å². The van der Waals surface area contributed by atoms with E-state index in [1.807, 2.05) is 12.1 Å². The zero-order chi connectivity index (χ0) is 14.4. The minimum absolute atomic E-state index is 0.0707. The number of hydrogen-bond donors (Lipinski definition) is 2. The highest BCUT2D eigenvalue weighted by molar-refractivity contribution is 5.90. The van der Waals surface area contributed by atoms with Crippen molar-refractivity contribution >= 4 is 17.4 Å². The molecule has 0 aliphatic carbocycles. The fourth-order valence-electron chi connectivity index (χ4n) is 2.29. The van der Waals surface area contributed by atoms with Crippen LogP contribution in [0.3, 0.4) is 0 Å². The average molecular weight is 277 g/mol. The molecule has 1 amide bonds. The Morgan fingerprint density at radius 2 is 2.10 bits per heavy atom. The topological polar surface area (TPSA) is 74.5 Å². The molecule has 1 aliphatic rings. The lowest BCUT2D eigenvalue weighted by atomic mass is 10.3. The number of likely N-dealkylation sites (N-methyl/N-ethyl adjacent to an activating group) is 1. The maximum absolute atomic E-state index is 11.4. The molecule has 6 nitrogen and oxygen atoms in total. The summed E-state index contributed by atoms with van der Waals surface area (Å²) < 4.78 is 0. The first-order valence-corrected chi connectivity index (χ1v) is 7.16. The third kappa shape index (κ3) is 3.91. The molecule has 1 aromatic heterocycles. The lowest BCUT2D eigenvalue weighted by Gasteiger charge is -2.34. The van der Waals surface area contributed by atoms with E-state index in [9.17, 15) is 4.79 Å². The summed E-state index contributed by atoms with van der Waals surface area (Å²) >= 11 is 0. The predicted octanol–water partition coefficient (Wildman–Crippen LogP) is 0.511. The number of amides is 1. The summed E-state index contributed by atoms with van der Waals surface area (Å²) in [5.41, 5.74) is 6.06. The Morgan fingerprint density at radius 3 is 2.65 bits per heavy atom. The van der Waals surface area contributed by atoms with Crippen LogP contribution in [0.4, 0.5) is 11.5 Å². The zero-order valence-electron chi connectivity index (χ0n) is 12.0. The van der Waals surface area contributed by atoms with Crippen molar-refractivity contribution < 1.29 is 4.79 Å². The maximum atomic E-state index is 11.4. The number of piperazine rings is 1. The van der Waals surface area contributed by atoms with Crippen LogP contribution in [0.25, 0.3) is 0 Å². The standard InChI is InChI=1S/C14H23N5O/c1-2-18-7-9-19(10-8-18)13-4-3-12(11-16-13)17-14(20)5-6-15/h3-4,11H,2,5-10,15H2,1H3,(H,17,20). The molecule has 3 N–H and O–H groups in total. The molecule has 1 aliphatic heterocycles. The minimum Gasteiger partial charge on any atom is -0.354 e. The quantitative estimate of drug-likeness (QED) is 0.820. The van der Waals surface area contributed by atoms with Gasteiger partial charge in [-0.25, -0.2) is 4.98 Å². The fourth-order valence-corrected chi connectivity index (χ4v) is 2.29. The molecule has 1 aromatic rings. The molecule has 20 heavy (non-hydrogen) atoms. The van der Waals surface area contributed by atoms with Crippen LogP contribution in [-0.2, 0) is 4.79 Å². The van der Waals surface area contributed by atoms with E-state index in [2.05, 4.69) is 27.0 Å². The van der Waals surface area contributed by atoms with E-state index < -0.39 is 0 Å². The van der Waals surface area contributed by atoms with Gasteiger partial charge in [0.05, 0.1) is 11.9 Å². The van der Waals surface area contributed by atoms with Crippen LogP contribution in [-0.4, -0.2) is 55.1 Å². The molecule has 6 heteroatoms. The number of carbonyl (C=O) groups excluding carboxylic acids is 1. The van der Waals surface area contributed by atoms with Gasteiger partial charge in [0, 0.05) is 39.1 Å². The third-order valence-electron chi connectivity index (χ3n) is 3.55. The van der Waals surface area contributed by atoms with Gasteiger partial charge in [0.1, 0.15) is 5.82 Å². The molecule has 2 rings (SSSR count). The molecular weight excluding hydrogens is 254 g/mol. The van der Waals surface area contributed by atoms with Crippen LogP contribution >= 0.6 is 0 Å². The lowest BCUT2D eigenvalue weighted by Crippen LogP contribution is -2.46. The number of nitrogens with two attached hydrogens (primary N) is 1. The number of anilines is 2. The molecule has 2 heterocycles. The SMILES string of the molecule is CCN1CCN(c2ccc(NC(=O)CCN)cn2)CC1. The molecule has 110 valence electrons. The summed E-state index contributed by atoms with van der Waals surface area (Å²) in [6, 6.07) is 3.85. The van der Waals surface area contributed by atoms with Gasteiger partial charge in [0.2, 0.25) is 5.91 Å². The van der Waals surface area contributed by atoms with Crippen molar-refractivity contribution in [3.8, 4) is 0 Å². The highest BCUT2D eigenvalue weighted by atomic mass is 16.1. The Balaban J connectivity index is 1.90. The molecular formula is C14H23N5O. The van der Waals surface area contributed by atoms with Crippen LogP contribution in [0.5, 0.6) is 0 Å². The molecule has 0 aromatic carbocycles. The van der Waals surface area contributed by atoms with Crippen LogP contribution in [0.2, 0.25) is 0 Å². The van der Waals surface area contributed by atoms with E-state index in [4.69, 9.17) is 5.73 Å². The summed E-state index contributed by atoms with van der Waals surface area (Å²) in [4.78, 5) is 20.6. The summed E-state index contributed by atoms with van der Waals surface area (Å²) in [5, 5.41) is 2.78. The third-order valence-corrected chi connectivity index (χ3v) is 3.55. The smallest absolute Gasteiger partial charge is 0.225 e. The molecule has 0 atom stereocenters. The summed E-state index contributed by atoms with van der Waals surface area (Å²) in [7, 11) is 0. The number of hydrogen-bond acceptors (Lipinski definition) is 5. The molecule has 1 fully saturated rings. The van der Waals surface area contributed by atoms with Gasteiger partial charge >= 0.3 is 0 Å². The molecule has 1 saturated heterocycles. The highest BCUT2D eigenvalue weighted by Gasteiger charge is 2.16. The number of nitrogens with one attached hydrogen (secondary N) is 1. The minimum atomic E-state index is -0.0707. The summed E-state index contributed by atoms with van der Waals surface area (Å²) in [5.74, 6) is 0.899. The van der Waals surface area contributed by atoms with Crippen molar-refractivity contribution in [2.24, 2.45) is 5.73 Å². The molecule has 0 radical (unpaired) electrons. The van der Waals surface area contributed by atoms with Gasteiger partial charge in [0.25, 0.3) is 0 Å². The second kappa shape index (κ2) is 7.21. The van der Waals surface area contributed by atoms with Crippen molar-refractivity contribution in [3.63, 3.8) is 0 Å². The van der Waals surface area contributed by atoms with Crippen molar-refractivity contribution in [2.45, 2.75) is 13.3 Å². The average Bonchev–Trinajstić information content (AvgIpc) is 2.48. The van der Waals surface area contributed by atoms with Gasteiger partial charge in [-0.15, -0.1) is 0 Å². The van der Waals surface area contributed by atoms with E-state index in [1.165, 1.54) is 0 Å². The van der Waals surface area contributed by atoms with Crippen LogP contribution in [0.1, 0.15) is 13.3 Å². The Morgan fingerprint density at radius 1 is 1.35 bits per heavy atom. The Labute approximate surface area is 120 Å². The lowest BCUT2D eigenvalue weighted by molar-refractivity contribution is -0.116. The largest absolute Gasteiger partial charge is 0.354 e. The van der Waals surface area contributed by atoms with Crippen molar-refractivity contribution in [1.29, 1.82) is 0 Å². The molecule has 0 unspecified atom stereocenters. The Bertz CT molecular complexity index is 426. The van der Waals surface area contributed by atoms with Gasteiger partial charge in [-0.3, -0.25) is 4.79 Å². The predicted molar refractivity (Wildman–Crippen MR) is 80.9 cm³/mol. The number of pyridine rings is 1. The molecule has 0 spiro atoms. The summed E-state index contributed by atoms with van der Waals surface area (Å²) in [6.07, 6.45) is 2.04. The number of nitrogens with zero attached hydrogens (tertiary/aromatic N) is 3. The number of carbonyl (C=O) groups is 1. The van der Waals surface area contributed by atoms with Gasteiger partial charge in [-0.2, -0.15) is 0 Å².